The van der Waals surface area contributed by atoms with Crippen LogP contribution in [0.25, 0.3) is 0 Å². The van der Waals surface area contributed by atoms with Crippen LogP contribution < -0.4 is 5.59 Å². The van der Waals surface area contributed by atoms with Crippen molar-refractivity contribution in [2.75, 3.05) is 13.1 Å². The Morgan fingerprint density at radius 3 is 1.86 bits per heavy atom. The van der Waals surface area contributed by atoms with E-state index in [1.54, 1.807) is 5.01 Å². The van der Waals surface area contributed by atoms with Crippen LogP contribution in [0.2, 0.25) is 0 Å². The molecule has 0 aliphatic carbocycles. The Balaban J connectivity index is 2.99. The number of hydrogen-bond donors (Lipinski definition) is 1. The summed E-state index contributed by atoms with van der Waals surface area (Å²) in [7, 11) is 0. The highest BCUT2D eigenvalue weighted by Crippen LogP contribution is 1.67. The zero-order chi connectivity index (χ0) is 5.70. The molecule has 0 heterocycles. The van der Waals surface area contributed by atoms with E-state index < -0.39 is 0 Å². The minimum atomic E-state index is 0.819. The van der Waals surface area contributed by atoms with Crippen molar-refractivity contribution in [3.8, 4) is 0 Å². The van der Waals surface area contributed by atoms with E-state index in [9.17, 15) is 5.21 Å². The van der Waals surface area contributed by atoms with Crippen molar-refractivity contribution in [3.63, 3.8) is 0 Å². The van der Waals surface area contributed by atoms with Crippen molar-refractivity contribution in [3.05, 3.63) is 5.21 Å². The molecule has 0 atom stereocenters. The van der Waals surface area contributed by atoms with Crippen LogP contribution in [-0.4, -0.2) is 18.1 Å². The number of rotatable bonds is 3. The standard InChI is InChI=1S/C4H12N2O/c1-3-6(4-2)5-7/h3-5H2,1-2H3. The summed E-state index contributed by atoms with van der Waals surface area (Å²) in [6.45, 7) is 5.55. The van der Waals surface area contributed by atoms with Gasteiger partial charge in [-0.2, -0.15) is 5.01 Å². The quantitative estimate of drug-likeness (QED) is 0.380. The van der Waals surface area contributed by atoms with E-state index >= 15 is 0 Å². The Bertz CT molecular complexity index is 31.2. The molecule has 2 N–H and O–H groups in total. The maximum absolute atomic E-state index is 9.89. The second-order valence-corrected chi connectivity index (χ2v) is 1.33. The first kappa shape index (κ1) is 6.88. The highest BCUT2D eigenvalue weighted by molar-refractivity contribution is 4.27. The first-order chi connectivity index (χ1) is 3.35. The monoisotopic (exact) mass is 104 g/mol. The van der Waals surface area contributed by atoms with Crippen molar-refractivity contribution in [2.45, 2.75) is 13.8 Å². The van der Waals surface area contributed by atoms with E-state index in [2.05, 4.69) is 0 Å². The van der Waals surface area contributed by atoms with Crippen LogP contribution >= 0.6 is 0 Å². The molecule has 0 aromatic heterocycles. The Hall–Kier alpha value is -0.120. The van der Waals surface area contributed by atoms with Crippen LogP contribution in [0.3, 0.4) is 0 Å². The van der Waals surface area contributed by atoms with E-state index in [-0.39, 0.29) is 0 Å². The van der Waals surface area contributed by atoms with Gasteiger partial charge < -0.3 is 10.8 Å². The number of nitrogens with zero attached hydrogens (tertiary/aromatic N) is 1. The van der Waals surface area contributed by atoms with Gasteiger partial charge in [-0.3, -0.25) is 0 Å². The van der Waals surface area contributed by atoms with Gasteiger partial charge in [0.2, 0.25) is 0 Å². The van der Waals surface area contributed by atoms with E-state index in [0.717, 1.165) is 18.7 Å². The minimum Gasteiger partial charge on any atom is -0.614 e. The number of nitrogens with two attached hydrogens (primary N) is 1. The van der Waals surface area contributed by atoms with Gasteiger partial charge in [-0.15, -0.1) is 0 Å². The molecule has 3 nitrogen and oxygen atoms in total. The SMILES string of the molecule is CCN(CC)[NH2+][O-]. The lowest BCUT2D eigenvalue weighted by molar-refractivity contribution is -0.751. The highest BCUT2D eigenvalue weighted by atomic mass is 16.5. The van der Waals surface area contributed by atoms with Crippen molar-refractivity contribution in [1.82, 2.24) is 5.01 Å². The van der Waals surface area contributed by atoms with Crippen LogP contribution in [0.15, 0.2) is 0 Å². The molecule has 0 aromatic carbocycles. The molecule has 0 aliphatic heterocycles. The molecule has 0 saturated heterocycles. The summed E-state index contributed by atoms with van der Waals surface area (Å²) < 4.78 is 0. The fourth-order valence-electron chi connectivity index (χ4n) is 0.373. The lowest BCUT2D eigenvalue weighted by Gasteiger charge is -2.15. The smallest absolute Gasteiger partial charge is 0.0449 e. The van der Waals surface area contributed by atoms with E-state index in [1.807, 2.05) is 13.8 Å². The largest absolute Gasteiger partial charge is 0.614 e. The zero-order valence-corrected chi connectivity index (χ0v) is 4.85. The number of quaternary nitrogens is 1. The van der Waals surface area contributed by atoms with Crippen LogP contribution in [0.5, 0.6) is 0 Å². The first-order valence-corrected chi connectivity index (χ1v) is 2.54. The van der Waals surface area contributed by atoms with Gasteiger partial charge in [0.05, 0.1) is 0 Å². The summed E-state index contributed by atoms with van der Waals surface area (Å²) in [5.41, 5.74) is 0.861. The van der Waals surface area contributed by atoms with Gasteiger partial charge in [0.15, 0.2) is 0 Å². The number of hydrogen-bond acceptors (Lipinski definition) is 2. The summed E-state index contributed by atoms with van der Waals surface area (Å²) in [5, 5.41) is 11.6. The Morgan fingerprint density at radius 1 is 1.43 bits per heavy atom. The Kier molecular flexibility index (Phi) is 3.98. The predicted octanol–water partition coefficient (Wildman–Crippen LogP) is -0.696. The van der Waals surface area contributed by atoms with Crippen LogP contribution in [0.1, 0.15) is 13.8 Å². The third kappa shape index (κ3) is 2.56. The second kappa shape index (κ2) is 4.05. The molecular formula is C4H12N2O. The van der Waals surface area contributed by atoms with Gasteiger partial charge >= 0.3 is 0 Å². The van der Waals surface area contributed by atoms with Gasteiger partial charge in [-0.1, -0.05) is 0 Å². The molecule has 0 aromatic rings. The normalized spacial score (nSPS) is 10.3. The van der Waals surface area contributed by atoms with Crippen LogP contribution in [0.4, 0.5) is 0 Å². The maximum atomic E-state index is 9.89. The molecule has 0 aliphatic rings. The van der Waals surface area contributed by atoms with Gasteiger partial charge in [0.1, 0.15) is 0 Å². The van der Waals surface area contributed by atoms with Crippen molar-refractivity contribution in [2.24, 2.45) is 0 Å². The molecule has 0 radical (unpaired) electrons. The van der Waals surface area contributed by atoms with Crippen LogP contribution in [-0.2, 0) is 0 Å². The van der Waals surface area contributed by atoms with Gasteiger partial charge in [0.25, 0.3) is 0 Å². The topological polar surface area (TPSA) is 42.9 Å². The molecule has 0 rings (SSSR count). The molecule has 7 heavy (non-hydrogen) atoms. The lowest BCUT2D eigenvalue weighted by atomic mass is 10.6. The summed E-state index contributed by atoms with van der Waals surface area (Å²) in [6.07, 6.45) is 0. The molecule has 0 unspecified atom stereocenters. The Labute approximate surface area is 43.9 Å². The van der Waals surface area contributed by atoms with Crippen molar-refractivity contribution < 1.29 is 5.59 Å². The van der Waals surface area contributed by atoms with Crippen LogP contribution in [0, 0.1) is 5.21 Å². The summed E-state index contributed by atoms with van der Waals surface area (Å²) >= 11 is 0. The predicted molar refractivity (Wildman–Crippen MR) is 28.2 cm³/mol. The third-order valence-electron chi connectivity index (χ3n) is 0.961. The van der Waals surface area contributed by atoms with Gasteiger partial charge in [-0.05, 0) is 13.8 Å². The maximum Gasteiger partial charge on any atom is 0.0449 e. The Morgan fingerprint density at radius 2 is 1.86 bits per heavy atom. The van der Waals surface area contributed by atoms with Gasteiger partial charge in [0, 0.05) is 13.1 Å². The van der Waals surface area contributed by atoms with Crippen molar-refractivity contribution >= 4 is 0 Å². The summed E-state index contributed by atoms with van der Waals surface area (Å²) in [6, 6.07) is 0. The fraction of sp³-hybridized carbons (Fsp3) is 1.00. The lowest BCUT2D eigenvalue weighted by Crippen LogP contribution is -2.88. The summed E-state index contributed by atoms with van der Waals surface area (Å²) in [5.74, 6) is 0. The average molecular weight is 104 g/mol. The second-order valence-electron chi connectivity index (χ2n) is 1.33. The van der Waals surface area contributed by atoms with E-state index in [4.69, 9.17) is 0 Å². The first-order valence-electron chi connectivity index (χ1n) is 2.54. The molecule has 0 fully saturated rings. The van der Waals surface area contributed by atoms with Crippen molar-refractivity contribution in [1.29, 1.82) is 0 Å². The fourth-order valence-corrected chi connectivity index (χ4v) is 0.373. The van der Waals surface area contributed by atoms with E-state index in [0.29, 0.717) is 0 Å². The molecule has 44 valence electrons. The molecule has 0 saturated carbocycles. The highest BCUT2D eigenvalue weighted by Gasteiger charge is 1.90. The van der Waals surface area contributed by atoms with Gasteiger partial charge in [-0.25, -0.2) is 0 Å². The molecule has 0 amide bonds. The summed E-state index contributed by atoms with van der Waals surface area (Å²) in [4.78, 5) is 0. The molecule has 0 bridgehead atoms. The third-order valence-corrected chi connectivity index (χ3v) is 0.961. The molecule has 0 spiro atoms. The van der Waals surface area contributed by atoms with E-state index in [1.165, 1.54) is 0 Å². The average Bonchev–Trinajstić information content (AvgIpc) is 1.72. The minimum absolute atomic E-state index is 0.819. The molecule has 3 heteroatoms. The zero-order valence-electron chi connectivity index (χ0n) is 4.85. The molecular weight excluding hydrogens is 92.1 g/mol.